The van der Waals surface area contributed by atoms with E-state index in [0.29, 0.717) is 24.1 Å². The molecule has 1 saturated heterocycles. The van der Waals surface area contributed by atoms with Crippen LogP contribution in [0, 0.1) is 0 Å². The normalized spacial score (nSPS) is 16.4. The lowest BCUT2D eigenvalue weighted by molar-refractivity contribution is -0.305. The molecule has 1 heterocycles. The Labute approximate surface area is 151 Å². The number of hydrogen-bond donors (Lipinski definition) is 1. The first-order chi connectivity index (χ1) is 12.2. The van der Waals surface area contributed by atoms with Gasteiger partial charge in [-0.25, -0.2) is 14.8 Å². The van der Waals surface area contributed by atoms with Crippen LogP contribution in [-0.2, 0) is 16.3 Å². The van der Waals surface area contributed by atoms with Crippen molar-refractivity contribution in [1.29, 1.82) is 0 Å². The molecule has 0 amide bonds. The van der Waals surface area contributed by atoms with Gasteiger partial charge in [-0.15, -0.1) is 0 Å². The van der Waals surface area contributed by atoms with E-state index in [2.05, 4.69) is 10.3 Å². The van der Waals surface area contributed by atoms with Gasteiger partial charge in [-0.05, 0) is 48.9 Å². The fraction of sp³-hybridized carbons (Fsp3) is 0.278. The number of ether oxygens (including phenoxy) is 1. The van der Waals surface area contributed by atoms with Crippen LogP contribution in [0.25, 0.3) is 0 Å². The molecule has 0 aliphatic carbocycles. The third kappa shape index (κ3) is 5.09. The van der Waals surface area contributed by atoms with Gasteiger partial charge < -0.3 is 15.0 Å². The number of nitrogens with one attached hydrogen (secondary N) is 1. The Morgan fingerprint density at radius 1 is 1.12 bits per heavy atom. The van der Waals surface area contributed by atoms with E-state index in [0.717, 1.165) is 17.0 Å². The van der Waals surface area contributed by atoms with Gasteiger partial charge in [0.05, 0.1) is 12.3 Å². The molecule has 2 aromatic rings. The second-order valence-corrected chi connectivity index (χ2v) is 5.81. The van der Waals surface area contributed by atoms with Crippen molar-refractivity contribution in [3.63, 3.8) is 0 Å². The van der Waals surface area contributed by atoms with Crippen molar-refractivity contribution >= 4 is 23.2 Å². The van der Waals surface area contributed by atoms with Crippen LogP contribution >= 0.6 is 11.6 Å². The summed E-state index contributed by atoms with van der Waals surface area (Å²) in [5, 5.41) is 3.83. The highest BCUT2D eigenvalue weighted by Crippen LogP contribution is 2.19. The van der Waals surface area contributed by atoms with Crippen LogP contribution < -0.4 is 10.1 Å². The Hall–Kier alpha value is -2.28. The first-order valence-electron chi connectivity index (χ1n) is 8.04. The summed E-state index contributed by atoms with van der Waals surface area (Å²) in [6, 6.07) is 15.3. The van der Waals surface area contributed by atoms with Crippen LogP contribution in [0.1, 0.15) is 12.5 Å². The first-order valence-corrected chi connectivity index (χ1v) is 8.41. The first kappa shape index (κ1) is 17.5. The van der Waals surface area contributed by atoms with Gasteiger partial charge in [0, 0.05) is 11.6 Å². The maximum absolute atomic E-state index is 5.95. The van der Waals surface area contributed by atoms with Crippen molar-refractivity contribution in [1.82, 2.24) is 10.2 Å². The minimum atomic E-state index is 0.229. The Kier molecular flexibility index (Phi) is 6.11. The predicted molar refractivity (Wildman–Crippen MR) is 96.7 cm³/mol. The van der Waals surface area contributed by atoms with E-state index in [9.17, 15) is 0 Å². The molecule has 0 aromatic heterocycles. The zero-order chi connectivity index (χ0) is 17.5. The molecule has 6 nitrogen and oxygen atoms in total. The van der Waals surface area contributed by atoms with Gasteiger partial charge >= 0.3 is 0 Å². The highest BCUT2D eigenvalue weighted by atomic mass is 35.5. The molecule has 0 unspecified atom stereocenters. The third-order valence-electron chi connectivity index (χ3n) is 3.55. The molecule has 7 heteroatoms. The quantitative estimate of drug-likeness (QED) is 0.823. The number of benzene rings is 2. The summed E-state index contributed by atoms with van der Waals surface area (Å²) < 4.78 is 5.46. The fourth-order valence-electron chi connectivity index (χ4n) is 2.36. The second-order valence-electron chi connectivity index (χ2n) is 5.37. The average Bonchev–Trinajstić information content (AvgIpc) is 2.84. The summed E-state index contributed by atoms with van der Waals surface area (Å²) >= 11 is 5.95. The molecule has 1 aliphatic heterocycles. The van der Waals surface area contributed by atoms with Crippen LogP contribution in [-0.4, -0.2) is 30.9 Å². The topological polar surface area (TPSA) is 55.3 Å². The molecule has 0 saturated carbocycles. The number of rotatable bonds is 5. The maximum Gasteiger partial charge on any atom is 0.203 e. The van der Waals surface area contributed by atoms with Crippen molar-refractivity contribution in [2.45, 2.75) is 13.5 Å². The molecule has 132 valence electrons. The van der Waals surface area contributed by atoms with Gasteiger partial charge in [0.15, 0.2) is 13.5 Å². The Bertz CT molecular complexity index is 705. The summed E-state index contributed by atoms with van der Waals surface area (Å²) in [6.45, 7) is 3.71. The van der Waals surface area contributed by atoms with Crippen molar-refractivity contribution < 1.29 is 14.5 Å². The molecular weight excluding hydrogens is 342 g/mol. The maximum atomic E-state index is 5.95. The Balaban J connectivity index is 1.78. The van der Waals surface area contributed by atoms with Crippen molar-refractivity contribution in [2.24, 2.45) is 4.99 Å². The van der Waals surface area contributed by atoms with E-state index in [1.807, 2.05) is 60.4 Å². The molecule has 0 spiro atoms. The standard InChI is InChI=1S/C18H20ClN3O3/c1-2-23-17-9-7-16(8-10-17)21-18-20-12-24-25-13-22(18)11-14-3-5-15(19)6-4-14/h3-10H,2,11-13H2,1H3,(H,20,21). The lowest BCUT2D eigenvalue weighted by Gasteiger charge is -2.22. The van der Waals surface area contributed by atoms with Gasteiger partial charge in [-0.1, -0.05) is 23.7 Å². The van der Waals surface area contributed by atoms with Crippen molar-refractivity contribution in [3.05, 3.63) is 59.1 Å². The molecule has 0 atom stereocenters. The van der Waals surface area contributed by atoms with Gasteiger partial charge in [0.2, 0.25) is 5.96 Å². The van der Waals surface area contributed by atoms with E-state index in [1.54, 1.807) is 0 Å². The SMILES string of the molecule is CCOc1ccc(/N=C2\NCOOCN2Cc2ccc(Cl)cc2)cc1. The minimum Gasteiger partial charge on any atom is -0.494 e. The van der Waals surface area contributed by atoms with E-state index in [4.69, 9.17) is 26.1 Å². The van der Waals surface area contributed by atoms with E-state index in [-0.39, 0.29) is 13.5 Å². The number of hydrogen-bond acceptors (Lipinski definition) is 4. The molecule has 1 fully saturated rings. The summed E-state index contributed by atoms with van der Waals surface area (Å²) in [6.07, 6.45) is 0. The third-order valence-corrected chi connectivity index (χ3v) is 3.80. The summed E-state index contributed by atoms with van der Waals surface area (Å²) in [5.74, 6) is 1.50. The number of guanidine groups is 1. The minimum absolute atomic E-state index is 0.229. The van der Waals surface area contributed by atoms with Crippen LogP contribution in [0.4, 0.5) is 5.69 Å². The highest BCUT2D eigenvalue weighted by molar-refractivity contribution is 6.30. The summed E-state index contributed by atoms with van der Waals surface area (Å²) in [4.78, 5) is 16.8. The molecule has 25 heavy (non-hydrogen) atoms. The highest BCUT2D eigenvalue weighted by Gasteiger charge is 2.16. The molecule has 1 aliphatic rings. The molecule has 1 N–H and O–H groups in total. The fourth-order valence-corrected chi connectivity index (χ4v) is 2.48. The number of halogens is 1. The second kappa shape index (κ2) is 8.71. The van der Waals surface area contributed by atoms with Crippen molar-refractivity contribution in [2.75, 3.05) is 20.1 Å². The molecule has 0 radical (unpaired) electrons. The summed E-state index contributed by atoms with van der Waals surface area (Å²) in [7, 11) is 0. The number of aliphatic imine (C=N–C) groups is 1. The Morgan fingerprint density at radius 3 is 2.60 bits per heavy atom. The van der Waals surface area contributed by atoms with Crippen LogP contribution in [0.2, 0.25) is 5.02 Å². The van der Waals surface area contributed by atoms with Gasteiger partial charge in [0.25, 0.3) is 0 Å². The van der Waals surface area contributed by atoms with E-state index >= 15 is 0 Å². The van der Waals surface area contributed by atoms with Crippen molar-refractivity contribution in [3.8, 4) is 5.75 Å². The summed E-state index contributed by atoms with van der Waals surface area (Å²) in [5.41, 5.74) is 1.91. The molecule has 0 bridgehead atoms. The largest absolute Gasteiger partial charge is 0.494 e. The lowest BCUT2D eigenvalue weighted by Crippen LogP contribution is -2.39. The van der Waals surface area contributed by atoms with Gasteiger partial charge in [-0.3, -0.25) is 0 Å². The monoisotopic (exact) mass is 361 g/mol. The average molecular weight is 362 g/mol. The predicted octanol–water partition coefficient (Wildman–Crippen LogP) is 3.69. The zero-order valence-corrected chi connectivity index (χ0v) is 14.7. The van der Waals surface area contributed by atoms with Crippen LogP contribution in [0.5, 0.6) is 5.75 Å². The zero-order valence-electron chi connectivity index (χ0n) is 13.9. The van der Waals surface area contributed by atoms with Crippen LogP contribution in [0.3, 0.4) is 0 Å². The molecular formula is C18H20ClN3O3. The Morgan fingerprint density at radius 2 is 1.88 bits per heavy atom. The number of nitrogens with zero attached hydrogens (tertiary/aromatic N) is 2. The lowest BCUT2D eigenvalue weighted by atomic mass is 10.2. The van der Waals surface area contributed by atoms with Gasteiger partial charge in [0.1, 0.15) is 5.75 Å². The smallest absolute Gasteiger partial charge is 0.203 e. The van der Waals surface area contributed by atoms with E-state index in [1.165, 1.54) is 0 Å². The van der Waals surface area contributed by atoms with Crippen LogP contribution in [0.15, 0.2) is 53.5 Å². The van der Waals surface area contributed by atoms with Gasteiger partial charge in [-0.2, -0.15) is 0 Å². The molecule has 3 rings (SSSR count). The molecule has 2 aromatic carbocycles. The van der Waals surface area contributed by atoms with E-state index < -0.39 is 0 Å².